The van der Waals surface area contributed by atoms with Crippen LogP contribution in [-0.4, -0.2) is 26.1 Å². The first-order valence-corrected chi connectivity index (χ1v) is 6.84. The van der Waals surface area contributed by atoms with Crippen LogP contribution in [0.5, 0.6) is 0 Å². The van der Waals surface area contributed by atoms with E-state index in [1.54, 1.807) is 13.1 Å². The molecule has 0 aromatic carbocycles. The molecule has 1 atom stereocenters. The second-order valence-corrected chi connectivity index (χ2v) is 4.98. The van der Waals surface area contributed by atoms with E-state index < -0.39 is 0 Å². The van der Waals surface area contributed by atoms with Gasteiger partial charge in [0.2, 0.25) is 0 Å². The third kappa shape index (κ3) is 3.54. The number of aromatic amines is 1. The van der Waals surface area contributed by atoms with Gasteiger partial charge in [-0.15, -0.1) is 0 Å². The van der Waals surface area contributed by atoms with E-state index in [2.05, 4.69) is 20.3 Å². The minimum absolute atomic E-state index is 0.00497. The molecule has 20 heavy (non-hydrogen) atoms. The Labute approximate surface area is 118 Å². The number of aromatic nitrogens is 4. The summed E-state index contributed by atoms with van der Waals surface area (Å²) >= 11 is 0. The summed E-state index contributed by atoms with van der Waals surface area (Å²) in [5.74, 6) is 0.656. The van der Waals surface area contributed by atoms with Crippen molar-refractivity contribution in [3.8, 4) is 0 Å². The fourth-order valence-corrected chi connectivity index (χ4v) is 2.35. The van der Waals surface area contributed by atoms with Gasteiger partial charge in [-0.2, -0.15) is 0 Å². The van der Waals surface area contributed by atoms with Crippen LogP contribution in [0.2, 0.25) is 0 Å². The molecule has 108 valence electrons. The first-order chi connectivity index (χ1) is 9.58. The summed E-state index contributed by atoms with van der Waals surface area (Å²) in [5.41, 5.74) is 1.46. The molecule has 0 saturated heterocycles. The molecule has 6 nitrogen and oxygen atoms in total. The Morgan fingerprint density at radius 1 is 1.45 bits per heavy atom. The second-order valence-electron chi connectivity index (χ2n) is 4.98. The zero-order valence-electron chi connectivity index (χ0n) is 12.2. The van der Waals surface area contributed by atoms with Gasteiger partial charge < -0.3 is 14.9 Å². The molecule has 2 N–H and O–H groups in total. The van der Waals surface area contributed by atoms with E-state index in [0.717, 1.165) is 30.8 Å². The number of hydrogen-bond donors (Lipinski definition) is 2. The molecule has 0 aliphatic heterocycles. The van der Waals surface area contributed by atoms with Gasteiger partial charge in [0, 0.05) is 30.7 Å². The summed E-state index contributed by atoms with van der Waals surface area (Å²) < 4.78 is 2.04. The molecular formula is C14H21N5O. The second kappa shape index (κ2) is 6.47. The summed E-state index contributed by atoms with van der Waals surface area (Å²) in [4.78, 5) is 23.0. The van der Waals surface area contributed by atoms with Crippen LogP contribution in [0.1, 0.15) is 36.5 Å². The quantitative estimate of drug-likeness (QED) is 0.780. The molecular weight excluding hydrogens is 254 g/mol. The van der Waals surface area contributed by atoms with Crippen LogP contribution in [0.4, 0.5) is 0 Å². The Morgan fingerprint density at radius 2 is 2.25 bits per heavy atom. The molecule has 0 amide bonds. The number of rotatable bonds is 6. The number of nitrogens with zero attached hydrogens (tertiary/aromatic N) is 3. The molecule has 0 radical (unpaired) electrons. The minimum Gasteiger partial charge on any atom is -0.337 e. The third-order valence-electron chi connectivity index (χ3n) is 3.30. The van der Waals surface area contributed by atoms with E-state index >= 15 is 0 Å². The highest BCUT2D eigenvalue weighted by Gasteiger charge is 2.13. The maximum absolute atomic E-state index is 12.0. The molecule has 0 spiro atoms. The van der Waals surface area contributed by atoms with Gasteiger partial charge in [-0.3, -0.25) is 4.79 Å². The lowest BCUT2D eigenvalue weighted by Gasteiger charge is -2.15. The largest absolute Gasteiger partial charge is 0.337 e. The van der Waals surface area contributed by atoms with Crippen molar-refractivity contribution in [1.82, 2.24) is 24.8 Å². The molecule has 0 fully saturated rings. The highest BCUT2D eigenvalue weighted by atomic mass is 16.1. The minimum atomic E-state index is -0.0513. The van der Waals surface area contributed by atoms with E-state index in [-0.39, 0.29) is 11.6 Å². The highest BCUT2D eigenvalue weighted by molar-refractivity contribution is 5.19. The van der Waals surface area contributed by atoms with Crippen molar-refractivity contribution in [2.45, 2.75) is 39.8 Å². The van der Waals surface area contributed by atoms with Crippen LogP contribution in [0, 0.1) is 13.8 Å². The summed E-state index contributed by atoms with van der Waals surface area (Å²) in [6.45, 7) is 7.42. The number of H-pyrrole nitrogens is 1. The SMILES string of the molecule is Cc1nc(C)c(C(C)NCCCn2ccnc2)c(=O)[nH]1. The van der Waals surface area contributed by atoms with Gasteiger partial charge in [0.05, 0.1) is 11.9 Å². The Hall–Kier alpha value is -1.95. The third-order valence-corrected chi connectivity index (χ3v) is 3.30. The first-order valence-electron chi connectivity index (χ1n) is 6.84. The molecule has 2 heterocycles. The van der Waals surface area contributed by atoms with Gasteiger partial charge in [-0.25, -0.2) is 9.97 Å². The summed E-state index contributed by atoms with van der Waals surface area (Å²) in [7, 11) is 0. The van der Waals surface area contributed by atoms with E-state index in [1.165, 1.54) is 0 Å². The predicted molar refractivity (Wildman–Crippen MR) is 77.6 cm³/mol. The monoisotopic (exact) mass is 275 g/mol. The number of nitrogens with one attached hydrogen (secondary N) is 2. The first kappa shape index (κ1) is 14.5. The lowest BCUT2D eigenvalue weighted by molar-refractivity contribution is 0.520. The molecule has 2 aromatic heterocycles. The lowest BCUT2D eigenvalue weighted by Crippen LogP contribution is -2.28. The van der Waals surface area contributed by atoms with Crippen LogP contribution in [-0.2, 0) is 6.54 Å². The van der Waals surface area contributed by atoms with Gasteiger partial charge in [0.15, 0.2) is 0 Å². The van der Waals surface area contributed by atoms with Gasteiger partial charge >= 0.3 is 0 Å². The van der Waals surface area contributed by atoms with Crippen LogP contribution < -0.4 is 10.9 Å². The van der Waals surface area contributed by atoms with Crippen molar-refractivity contribution in [3.05, 3.63) is 46.2 Å². The van der Waals surface area contributed by atoms with E-state index in [1.807, 2.05) is 30.9 Å². The van der Waals surface area contributed by atoms with Crippen LogP contribution in [0.3, 0.4) is 0 Å². The van der Waals surface area contributed by atoms with E-state index in [9.17, 15) is 4.79 Å². The van der Waals surface area contributed by atoms with Gasteiger partial charge in [-0.1, -0.05) is 0 Å². The summed E-state index contributed by atoms with van der Waals surface area (Å²) in [6.07, 6.45) is 6.51. The zero-order chi connectivity index (χ0) is 14.5. The molecule has 0 aliphatic rings. The summed E-state index contributed by atoms with van der Waals surface area (Å²) in [6, 6.07) is -0.00497. The number of hydrogen-bond acceptors (Lipinski definition) is 4. The molecule has 1 unspecified atom stereocenters. The molecule has 2 aromatic rings. The fourth-order valence-electron chi connectivity index (χ4n) is 2.35. The zero-order valence-corrected chi connectivity index (χ0v) is 12.2. The smallest absolute Gasteiger partial charge is 0.255 e. The number of aryl methyl sites for hydroxylation is 3. The van der Waals surface area contributed by atoms with Crippen LogP contribution in [0.15, 0.2) is 23.5 Å². The van der Waals surface area contributed by atoms with Gasteiger partial charge in [0.1, 0.15) is 5.82 Å². The maximum atomic E-state index is 12.0. The van der Waals surface area contributed by atoms with Crippen molar-refractivity contribution >= 4 is 0 Å². The fraction of sp³-hybridized carbons (Fsp3) is 0.500. The van der Waals surface area contributed by atoms with E-state index in [4.69, 9.17) is 0 Å². The van der Waals surface area contributed by atoms with Gasteiger partial charge in [-0.05, 0) is 33.7 Å². The summed E-state index contributed by atoms with van der Waals surface area (Å²) in [5, 5.41) is 3.37. The van der Waals surface area contributed by atoms with Gasteiger partial charge in [0.25, 0.3) is 5.56 Å². The molecule has 0 bridgehead atoms. The molecule has 0 saturated carbocycles. The Morgan fingerprint density at radius 3 is 2.90 bits per heavy atom. The average molecular weight is 275 g/mol. The van der Waals surface area contributed by atoms with Crippen molar-refractivity contribution in [2.75, 3.05) is 6.54 Å². The Balaban J connectivity index is 1.89. The Bertz CT molecular complexity index is 603. The average Bonchev–Trinajstić information content (AvgIpc) is 2.86. The van der Waals surface area contributed by atoms with Crippen molar-refractivity contribution in [1.29, 1.82) is 0 Å². The van der Waals surface area contributed by atoms with E-state index in [0.29, 0.717) is 5.82 Å². The van der Waals surface area contributed by atoms with Crippen molar-refractivity contribution in [3.63, 3.8) is 0 Å². The van der Waals surface area contributed by atoms with Crippen LogP contribution >= 0.6 is 0 Å². The predicted octanol–water partition coefficient (Wildman–Crippen LogP) is 1.32. The number of imidazole rings is 1. The highest BCUT2D eigenvalue weighted by Crippen LogP contribution is 2.10. The maximum Gasteiger partial charge on any atom is 0.255 e. The molecule has 0 aliphatic carbocycles. The molecule has 2 rings (SSSR count). The Kier molecular flexibility index (Phi) is 4.68. The topological polar surface area (TPSA) is 75.6 Å². The standard InChI is InChI=1S/C14H21N5O/c1-10(13-11(2)17-12(3)18-14(13)20)16-5-4-7-19-8-6-15-9-19/h6,8-10,16H,4-5,7H2,1-3H3,(H,17,18,20). The molecule has 6 heteroatoms. The van der Waals surface area contributed by atoms with Crippen molar-refractivity contribution < 1.29 is 0 Å². The normalized spacial score (nSPS) is 12.6. The van der Waals surface area contributed by atoms with Crippen LogP contribution in [0.25, 0.3) is 0 Å². The lowest BCUT2D eigenvalue weighted by atomic mass is 10.1. The van der Waals surface area contributed by atoms with Crippen molar-refractivity contribution in [2.24, 2.45) is 0 Å².